The Morgan fingerprint density at radius 1 is 1.19 bits per heavy atom. The molecule has 2 heterocycles. The van der Waals surface area contributed by atoms with Crippen LogP contribution in [0, 0.1) is 0 Å². The van der Waals surface area contributed by atoms with Gasteiger partial charge in [0.05, 0.1) is 31.0 Å². The third kappa shape index (κ3) is 5.51. The monoisotopic (exact) mass is 439 g/mol. The summed E-state index contributed by atoms with van der Waals surface area (Å²) >= 11 is 0. The van der Waals surface area contributed by atoms with Gasteiger partial charge in [0.25, 0.3) is 6.01 Å². The summed E-state index contributed by atoms with van der Waals surface area (Å²) in [5.41, 5.74) is 0.250. The van der Waals surface area contributed by atoms with E-state index in [9.17, 15) is 18.0 Å². The van der Waals surface area contributed by atoms with Crippen LogP contribution in [-0.2, 0) is 30.4 Å². The maximum absolute atomic E-state index is 13.5. The predicted molar refractivity (Wildman–Crippen MR) is 109 cm³/mol. The molecule has 170 valence electrons. The molecule has 31 heavy (non-hydrogen) atoms. The van der Waals surface area contributed by atoms with Crippen LogP contribution in [0.2, 0.25) is 0 Å². The van der Waals surface area contributed by atoms with Gasteiger partial charge < -0.3 is 14.4 Å². The van der Waals surface area contributed by atoms with E-state index in [1.165, 1.54) is 12.1 Å². The predicted octanol–water partition coefficient (Wildman–Crippen LogP) is 5.03. The Labute approximate surface area is 180 Å². The van der Waals surface area contributed by atoms with E-state index < -0.39 is 23.4 Å². The van der Waals surface area contributed by atoms with E-state index in [1.807, 2.05) is 6.92 Å². The van der Waals surface area contributed by atoms with Gasteiger partial charge in [-0.05, 0) is 38.8 Å². The zero-order chi connectivity index (χ0) is 22.8. The van der Waals surface area contributed by atoms with Crippen LogP contribution in [0.4, 0.5) is 18.0 Å². The van der Waals surface area contributed by atoms with Crippen molar-refractivity contribution in [2.45, 2.75) is 65.4 Å². The van der Waals surface area contributed by atoms with Gasteiger partial charge in [-0.25, -0.2) is 4.79 Å². The van der Waals surface area contributed by atoms with Crippen molar-refractivity contribution in [2.24, 2.45) is 0 Å². The van der Waals surface area contributed by atoms with Gasteiger partial charge in [0.2, 0.25) is 0 Å². The summed E-state index contributed by atoms with van der Waals surface area (Å²) in [6, 6.07) is 5.78. The summed E-state index contributed by atoms with van der Waals surface area (Å²) in [5.74, 6) is 0. The van der Waals surface area contributed by atoms with Gasteiger partial charge in [-0.15, -0.1) is 0 Å². The highest BCUT2D eigenvalue weighted by Gasteiger charge is 2.34. The minimum atomic E-state index is -4.45. The summed E-state index contributed by atoms with van der Waals surface area (Å²) in [6.45, 7) is 8.33. The third-order valence-electron chi connectivity index (χ3n) is 4.82. The average molecular weight is 439 g/mol. The largest absolute Gasteiger partial charge is 0.465 e. The molecule has 9 heteroatoms. The first-order valence-electron chi connectivity index (χ1n) is 10.3. The number of alkyl halides is 3. The van der Waals surface area contributed by atoms with Gasteiger partial charge in [0.1, 0.15) is 5.60 Å². The lowest BCUT2D eigenvalue weighted by Gasteiger charge is -2.30. The van der Waals surface area contributed by atoms with Crippen molar-refractivity contribution in [2.75, 3.05) is 13.2 Å². The van der Waals surface area contributed by atoms with Crippen LogP contribution in [0.5, 0.6) is 6.01 Å². The van der Waals surface area contributed by atoms with E-state index in [0.29, 0.717) is 25.3 Å². The lowest BCUT2D eigenvalue weighted by atomic mass is 10.1. The number of imidazole rings is 1. The summed E-state index contributed by atoms with van der Waals surface area (Å²) in [4.78, 5) is 18.5. The number of hydrogen-bond acceptors (Lipinski definition) is 4. The van der Waals surface area contributed by atoms with Gasteiger partial charge in [0.15, 0.2) is 0 Å². The highest BCUT2D eigenvalue weighted by Crippen LogP contribution is 2.34. The lowest BCUT2D eigenvalue weighted by Crippen LogP contribution is -2.40. The second-order valence-electron chi connectivity index (χ2n) is 8.53. The number of benzene rings is 1. The molecule has 0 unspecified atom stereocenters. The first kappa shape index (κ1) is 23.0. The molecule has 1 aromatic carbocycles. The summed E-state index contributed by atoms with van der Waals surface area (Å²) in [6.07, 6.45) is -3.70. The molecule has 0 atom stereocenters. The fraction of sp³-hybridized carbons (Fsp3) is 0.545. The van der Waals surface area contributed by atoms with Crippen LogP contribution in [0.25, 0.3) is 0 Å². The van der Waals surface area contributed by atoms with E-state index >= 15 is 0 Å². The maximum Gasteiger partial charge on any atom is 0.416 e. The summed E-state index contributed by atoms with van der Waals surface area (Å²) in [7, 11) is 0. The number of fused-ring (bicyclic) bond motifs is 1. The van der Waals surface area contributed by atoms with E-state index in [4.69, 9.17) is 9.47 Å². The molecule has 0 fully saturated rings. The molecular weight excluding hydrogens is 411 g/mol. The fourth-order valence-corrected chi connectivity index (χ4v) is 3.47. The number of amides is 1. The van der Waals surface area contributed by atoms with E-state index in [2.05, 4.69) is 4.98 Å². The van der Waals surface area contributed by atoms with Crippen molar-refractivity contribution in [3.05, 3.63) is 46.8 Å². The van der Waals surface area contributed by atoms with Crippen LogP contribution in [0.3, 0.4) is 0 Å². The molecule has 0 aliphatic carbocycles. The van der Waals surface area contributed by atoms with Gasteiger partial charge in [-0.3, -0.25) is 4.57 Å². The topological polar surface area (TPSA) is 56.6 Å². The second kappa shape index (κ2) is 8.80. The minimum Gasteiger partial charge on any atom is -0.465 e. The zero-order valence-corrected chi connectivity index (χ0v) is 18.3. The van der Waals surface area contributed by atoms with Crippen LogP contribution >= 0.6 is 0 Å². The van der Waals surface area contributed by atoms with Gasteiger partial charge in [0, 0.05) is 18.7 Å². The second-order valence-corrected chi connectivity index (χ2v) is 8.53. The van der Waals surface area contributed by atoms with Crippen molar-refractivity contribution in [1.29, 1.82) is 0 Å². The quantitative estimate of drug-likeness (QED) is 0.656. The Morgan fingerprint density at radius 3 is 2.55 bits per heavy atom. The Morgan fingerprint density at radius 2 is 1.90 bits per heavy atom. The Balaban J connectivity index is 1.92. The number of hydrogen-bond donors (Lipinski definition) is 0. The van der Waals surface area contributed by atoms with Gasteiger partial charge in [-0.2, -0.15) is 18.2 Å². The third-order valence-corrected chi connectivity index (χ3v) is 4.82. The van der Waals surface area contributed by atoms with Crippen LogP contribution in [0.15, 0.2) is 24.3 Å². The van der Waals surface area contributed by atoms with Crippen LogP contribution < -0.4 is 4.74 Å². The number of rotatable bonds is 5. The summed E-state index contributed by atoms with van der Waals surface area (Å²) in [5, 5.41) is 0. The first-order valence-corrected chi connectivity index (χ1v) is 10.3. The zero-order valence-electron chi connectivity index (χ0n) is 18.3. The van der Waals surface area contributed by atoms with Crippen molar-refractivity contribution < 1.29 is 27.4 Å². The molecule has 0 radical (unpaired) electrons. The van der Waals surface area contributed by atoms with E-state index in [1.54, 1.807) is 36.3 Å². The summed E-state index contributed by atoms with van der Waals surface area (Å²) < 4.78 is 53.3. The molecule has 1 amide bonds. The Bertz CT molecular complexity index is 932. The minimum absolute atomic E-state index is 0.0104. The number of carbonyl (C=O) groups is 1. The molecule has 0 bridgehead atoms. The highest BCUT2D eigenvalue weighted by molar-refractivity contribution is 5.68. The molecule has 3 rings (SSSR count). The normalized spacial score (nSPS) is 14.4. The fourth-order valence-electron chi connectivity index (χ4n) is 3.47. The van der Waals surface area contributed by atoms with E-state index in [-0.39, 0.29) is 24.7 Å². The average Bonchev–Trinajstić information content (AvgIpc) is 3.01. The number of halogens is 3. The highest BCUT2D eigenvalue weighted by atomic mass is 19.4. The molecule has 0 saturated heterocycles. The molecule has 0 N–H and O–H groups in total. The number of ether oxygens (including phenoxy) is 2. The van der Waals surface area contributed by atoms with Crippen LogP contribution in [0.1, 0.15) is 56.6 Å². The lowest BCUT2D eigenvalue weighted by molar-refractivity contribution is -0.138. The Hall–Kier alpha value is -2.71. The van der Waals surface area contributed by atoms with E-state index in [0.717, 1.165) is 18.2 Å². The van der Waals surface area contributed by atoms with Crippen molar-refractivity contribution in [1.82, 2.24) is 14.5 Å². The molecule has 6 nitrogen and oxygen atoms in total. The number of aromatic nitrogens is 2. The Kier molecular flexibility index (Phi) is 6.52. The molecule has 0 spiro atoms. The van der Waals surface area contributed by atoms with Gasteiger partial charge >= 0.3 is 12.3 Å². The number of carbonyl (C=O) groups excluding carboxylic acids is 1. The maximum atomic E-state index is 13.5. The first-order chi connectivity index (χ1) is 14.5. The van der Waals surface area contributed by atoms with Crippen molar-refractivity contribution in [3.8, 4) is 6.01 Å². The molecular formula is C22H28F3N3O3. The molecule has 1 aromatic heterocycles. The van der Waals surface area contributed by atoms with Gasteiger partial charge in [-0.1, -0.05) is 25.1 Å². The van der Waals surface area contributed by atoms with Crippen LogP contribution in [-0.4, -0.2) is 39.3 Å². The standard InChI is InChI=1S/C22H28F3N3O3/c1-5-12-30-19-26-17-14-27(20(29)31-21(2,3)4)11-10-18(17)28(19)13-15-8-6-7-9-16(15)22(23,24)25/h6-9H,5,10-14H2,1-4H3. The molecule has 1 aliphatic rings. The number of nitrogens with zero attached hydrogens (tertiary/aromatic N) is 3. The molecule has 2 aromatic rings. The smallest absolute Gasteiger partial charge is 0.416 e. The van der Waals surface area contributed by atoms with Crippen molar-refractivity contribution >= 4 is 6.09 Å². The molecule has 1 aliphatic heterocycles. The molecule has 0 saturated carbocycles. The van der Waals surface area contributed by atoms with Crippen molar-refractivity contribution in [3.63, 3.8) is 0 Å². The SMILES string of the molecule is CCCOc1nc2c(n1Cc1ccccc1C(F)(F)F)CCN(C(=O)OC(C)(C)C)C2.